The lowest BCUT2D eigenvalue weighted by molar-refractivity contribution is -0.204. The molecule has 1 saturated heterocycles. The molecule has 1 aliphatic heterocycles. The lowest BCUT2D eigenvalue weighted by atomic mass is 9.85. The number of hydrogen-bond donors (Lipinski definition) is 0. The molecule has 2 fully saturated rings. The quantitative estimate of drug-likeness (QED) is 0.857. The van der Waals surface area contributed by atoms with Gasteiger partial charge in [0.05, 0.1) is 18.7 Å². The summed E-state index contributed by atoms with van der Waals surface area (Å²) in [6.45, 7) is 2.03. The van der Waals surface area contributed by atoms with Crippen molar-refractivity contribution >= 4 is 5.91 Å². The number of nitrogens with zero attached hydrogens (tertiary/aromatic N) is 4. The summed E-state index contributed by atoms with van der Waals surface area (Å²) in [5.41, 5.74) is -2.00. The second kappa shape index (κ2) is 4.48. The fraction of sp³-hybridized carbons (Fsp3) is 0.643. The summed E-state index contributed by atoms with van der Waals surface area (Å²) in [4.78, 5) is 13.4. The Bertz CT molecular complexity index is 648. The van der Waals surface area contributed by atoms with E-state index in [1.807, 2.05) is 13.0 Å². The molecule has 0 bridgehead atoms. The fourth-order valence-electron chi connectivity index (χ4n) is 3.01. The average molecular weight is 312 g/mol. The average Bonchev–Trinajstić information content (AvgIpc) is 3.10. The van der Waals surface area contributed by atoms with Gasteiger partial charge in [0.15, 0.2) is 0 Å². The summed E-state index contributed by atoms with van der Waals surface area (Å²) in [6.07, 6.45) is -1.30. The third-order valence-electron chi connectivity index (χ3n) is 4.57. The summed E-state index contributed by atoms with van der Waals surface area (Å²) >= 11 is 0. The van der Waals surface area contributed by atoms with Crippen LogP contribution in [-0.2, 0) is 10.3 Å². The van der Waals surface area contributed by atoms with Crippen molar-refractivity contribution in [3.8, 4) is 6.07 Å². The highest BCUT2D eigenvalue weighted by molar-refractivity contribution is 5.87. The molecule has 3 rings (SSSR count). The standard InChI is InChI=1S/C14H15F3N4O/c1-10-6-19-21(7-10)12(4-5-18)8-20(9-12)11(22)13(2-3-13)14(15,16)17/h6-7H,2-4,8-9H2,1H3. The van der Waals surface area contributed by atoms with Crippen molar-refractivity contribution in [1.82, 2.24) is 14.7 Å². The highest BCUT2D eigenvalue weighted by Gasteiger charge is 2.70. The SMILES string of the molecule is Cc1cnn(C2(CC#N)CN(C(=O)C3(C(F)(F)F)CC3)C2)c1. The highest BCUT2D eigenvalue weighted by atomic mass is 19.4. The number of halogens is 3. The van der Waals surface area contributed by atoms with Gasteiger partial charge in [-0.2, -0.15) is 23.5 Å². The summed E-state index contributed by atoms with van der Waals surface area (Å²) in [6, 6.07) is 2.04. The Morgan fingerprint density at radius 1 is 1.45 bits per heavy atom. The molecule has 5 nitrogen and oxygen atoms in total. The van der Waals surface area contributed by atoms with Gasteiger partial charge in [-0.25, -0.2) is 0 Å². The lowest BCUT2D eigenvalue weighted by Gasteiger charge is -2.50. The topological polar surface area (TPSA) is 61.9 Å². The number of carbonyl (C=O) groups is 1. The van der Waals surface area contributed by atoms with Gasteiger partial charge in [0, 0.05) is 19.3 Å². The van der Waals surface area contributed by atoms with Gasteiger partial charge >= 0.3 is 6.18 Å². The summed E-state index contributed by atoms with van der Waals surface area (Å²) in [7, 11) is 0. The van der Waals surface area contributed by atoms with E-state index in [1.165, 1.54) is 4.90 Å². The second-order valence-electron chi connectivity index (χ2n) is 6.26. The van der Waals surface area contributed by atoms with E-state index in [0.29, 0.717) is 0 Å². The molecule has 2 heterocycles. The number of hydrogen-bond acceptors (Lipinski definition) is 3. The van der Waals surface area contributed by atoms with Crippen LogP contribution in [0.3, 0.4) is 0 Å². The number of likely N-dealkylation sites (tertiary alicyclic amines) is 1. The van der Waals surface area contributed by atoms with Crippen LogP contribution in [0.4, 0.5) is 13.2 Å². The molecule has 0 unspecified atom stereocenters. The molecule has 0 atom stereocenters. The van der Waals surface area contributed by atoms with Gasteiger partial charge in [0.25, 0.3) is 0 Å². The van der Waals surface area contributed by atoms with Crippen molar-refractivity contribution in [1.29, 1.82) is 5.26 Å². The number of aromatic nitrogens is 2. The molecule has 22 heavy (non-hydrogen) atoms. The van der Waals surface area contributed by atoms with E-state index in [4.69, 9.17) is 5.26 Å². The van der Waals surface area contributed by atoms with Gasteiger partial charge in [-0.1, -0.05) is 0 Å². The molecular formula is C14H15F3N4O. The Morgan fingerprint density at radius 3 is 2.50 bits per heavy atom. The number of aryl methyl sites for hydroxylation is 1. The van der Waals surface area contributed by atoms with Gasteiger partial charge in [-0.3, -0.25) is 9.48 Å². The van der Waals surface area contributed by atoms with Crippen LogP contribution in [0.15, 0.2) is 12.4 Å². The number of alkyl halides is 3. The van der Waals surface area contributed by atoms with E-state index in [2.05, 4.69) is 5.10 Å². The van der Waals surface area contributed by atoms with Gasteiger partial charge in [-0.05, 0) is 25.3 Å². The Kier molecular flexibility index (Phi) is 3.03. The first-order valence-corrected chi connectivity index (χ1v) is 6.99. The predicted molar refractivity (Wildman–Crippen MR) is 69.5 cm³/mol. The van der Waals surface area contributed by atoms with E-state index >= 15 is 0 Å². The van der Waals surface area contributed by atoms with Crippen molar-refractivity contribution in [2.24, 2.45) is 5.41 Å². The summed E-state index contributed by atoms with van der Waals surface area (Å²) in [5, 5.41) is 13.1. The van der Waals surface area contributed by atoms with Gasteiger partial charge in [0.2, 0.25) is 5.91 Å². The number of rotatable bonds is 3. The first-order chi connectivity index (χ1) is 10.2. The molecular weight excluding hydrogens is 297 g/mol. The Morgan fingerprint density at radius 2 is 2.09 bits per heavy atom. The highest BCUT2D eigenvalue weighted by Crippen LogP contribution is 2.59. The molecule has 0 spiro atoms. The van der Waals surface area contributed by atoms with Crippen LogP contribution >= 0.6 is 0 Å². The van der Waals surface area contributed by atoms with E-state index < -0.39 is 23.0 Å². The van der Waals surface area contributed by atoms with Crippen molar-refractivity contribution in [2.45, 2.75) is 37.9 Å². The minimum Gasteiger partial charge on any atom is -0.337 e. The van der Waals surface area contributed by atoms with Crippen LogP contribution < -0.4 is 0 Å². The first-order valence-electron chi connectivity index (χ1n) is 6.99. The molecule has 1 amide bonds. The molecule has 118 valence electrons. The van der Waals surface area contributed by atoms with Gasteiger partial charge in [0.1, 0.15) is 11.0 Å². The number of nitriles is 1. The summed E-state index contributed by atoms with van der Waals surface area (Å²) in [5.74, 6) is -0.863. The van der Waals surface area contributed by atoms with Crippen molar-refractivity contribution in [2.75, 3.05) is 13.1 Å². The second-order valence-corrected chi connectivity index (χ2v) is 6.26. The minimum atomic E-state index is -4.50. The molecule has 0 N–H and O–H groups in total. The minimum absolute atomic E-state index is 0.0956. The van der Waals surface area contributed by atoms with Crippen molar-refractivity contribution in [3.05, 3.63) is 18.0 Å². The predicted octanol–water partition coefficient (Wildman–Crippen LogP) is 1.99. The van der Waals surface area contributed by atoms with E-state index in [9.17, 15) is 18.0 Å². The third-order valence-corrected chi connectivity index (χ3v) is 4.57. The van der Waals surface area contributed by atoms with Crippen LogP contribution in [0.1, 0.15) is 24.8 Å². The number of amides is 1. The molecule has 0 aromatic carbocycles. The largest absolute Gasteiger partial charge is 0.403 e. The van der Waals surface area contributed by atoms with Crippen LogP contribution in [0.25, 0.3) is 0 Å². The van der Waals surface area contributed by atoms with Gasteiger partial charge < -0.3 is 4.90 Å². The smallest absolute Gasteiger partial charge is 0.337 e. The van der Waals surface area contributed by atoms with Crippen molar-refractivity contribution < 1.29 is 18.0 Å². The Balaban J connectivity index is 1.77. The van der Waals surface area contributed by atoms with Crippen LogP contribution in [0.2, 0.25) is 0 Å². The summed E-state index contributed by atoms with van der Waals surface area (Å²) < 4.78 is 40.6. The molecule has 1 aliphatic carbocycles. The molecule has 0 radical (unpaired) electrons. The zero-order chi connectivity index (χ0) is 16.2. The third kappa shape index (κ3) is 1.99. The normalized spacial score (nSPS) is 21.9. The Labute approximate surface area is 125 Å². The monoisotopic (exact) mass is 312 g/mol. The fourth-order valence-corrected chi connectivity index (χ4v) is 3.01. The first kappa shape index (κ1) is 14.9. The molecule has 1 aromatic rings. The zero-order valence-corrected chi connectivity index (χ0v) is 12.0. The molecule has 1 aromatic heterocycles. The molecule has 1 saturated carbocycles. The van der Waals surface area contributed by atoms with E-state index in [-0.39, 0.29) is 32.4 Å². The molecule has 8 heteroatoms. The maximum atomic E-state index is 13.0. The maximum absolute atomic E-state index is 13.0. The van der Waals surface area contributed by atoms with Gasteiger partial charge in [-0.15, -0.1) is 0 Å². The number of carbonyl (C=O) groups excluding carboxylic acids is 1. The van der Waals surface area contributed by atoms with Crippen LogP contribution in [0.5, 0.6) is 0 Å². The molecule has 2 aliphatic rings. The lowest BCUT2D eigenvalue weighted by Crippen LogP contribution is -2.66. The van der Waals surface area contributed by atoms with Crippen molar-refractivity contribution in [3.63, 3.8) is 0 Å². The maximum Gasteiger partial charge on any atom is 0.403 e. The van der Waals surface area contributed by atoms with Crippen LogP contribution in [0, 0.1) is 23.7 Å². The zero-order valence-electron chi connectivity index (χ0n) is 12.0. The van der Waals surface area contributed by atoms with Crippen LogP contribution in [-0.4, -0.2) is 39.9 Å². The Hall–Kier alpha value is -2.04. The van der Waals surface area contributed by atoms with E-state index in [1.54, 1.807) is 17.1 Å². The van der Waals surface area contributed by atoms with E-state index in [0.717, 1.165) is 5.56 Å².